The Morgan fingerprint density at radius 1 is 1.62 bits per heavy atom. The maximum Gasteiger partial charge on any atom is 0.263 e. The average molecular weight is 182 g/mol. The van der Waals surface area contributed by atoms with Gasteiger partial charge in [-0.05, 0) is 12.1 Å². The quantitative estimate of drug-likeness (QED) is 0.624. The van der Waals surface area contributed by atoms with Crippen LogP contribution in [0, 0.1) is 0 Å². The first-order valence-electron chi connectivity index (χ1n) is 3.77. The number of pyridine rings is 1. The van der Waals surface area contributed by atoms with Crippen LogP contribution < -0.4 is 11.3 Å². The van der Waals surface area contributed by atoms with Crippen molar-refractivity contribution in [3.63, 3.8) is 0 Å². The fourth-order valence-electron chi connectivity index (χ4n) is 1.01. The second-order valence-corrected chi connectivity index (χ2v) is 2.51. The van der Waals surface area contributed by atoms with Crippen molar-refractivity contribution >= 4 is 5.91 Å². The lowest BCUT2D eigenvalue weighted by atomic mass is 10.2. The number of nitrogens with two attached hydrogens (primary N) is 1. The molecular formula is C8H10N2O3. The summed E-state index contributed by atoms with van der Waals surface area (Å²) in [7, 11) is 0. The van der Waals surface area contributed by atoms with Crippen LogP contribution in [0.25, 0.3) is 0 Å². The lowest BCUT2D eigenvalue weighted by Gasteiger charge is -2.03. The van der Waals surface area contributed by atoms with Gasteiger partial charge in [-0.2, -0.15) is 0 Å². The zero-order valence-corrected chi connectivity index (χ0v) is 6.93. The first-order valence-corrected chi connectivity index (χ1v) is 3.77. The molecule has 1 rings (SSSR count). The van der Waals surface area contributed by atoms with Crippen molar-refractivity contribution in [3.8, 4) is 0 Å². The topological polar surface area (TPSA) is 85.3 Å². The predicted octanol–water partition coefficient (Wildman–Crippen LogP) is -1.06. The molecule has 0 atom stereocenters. The Labute approximate surface area is 74.4 Å². The monoisotopic (exact) mass is 182 g/mol. The Hall–Kier alpha value is -1.62. The van der Waals surface area contributed by atoms with E-state index in [1.165, 1.54) is 22.9 Å². The van der Waals surface area contributed by atoms with Gasteiger partial charge in [-0.3, -0.25) is 9.59 Å². The molecule has 0 saturated heterocycles. The lowest BCUT2D eigenvalue weighted by Crippen LogP contribution is -2.29. The number of carbonyl (C=O) groups is 1. The fourth-order valence-corrected chi connectivity index (χ4v) is 1.01. The number of carbonyl (C=O) groups excluding carboxylic acids is 1. The Balaban J connectivity index is 3.19. The van der Waals surface area contributed by atoms with Gasteiger partial charge in [0.2, 0.25) is 0 Å². The van der Waals surface area contributed by atoms with E-state index in [0.29, 0.717) is 0 Å². The summed E-state index contributed by atoms with van der Waals surface area (Å²) in [5.74, 6) is -0.753. The summed E-state index contributed by atoms with van der Waals surface area (Å²) in [6.45, 7) is 0.0159. The molecule has 0 aromatic carbocycles. The standard InChI is InChI=1S/C8H10N2O3/c9-7(12)6-2-1-3-10(4-5-11)8(6)13/h1-3,11H,4-5H2,(H2,9,12). The van der Waals surface area contributed by atoms with Crippen LogP contribution in [0.4, 0.5) is 0 Å². The normalized spacial score (nSPS) is 9.92. The molecule has 0 aliphatic carbocycles. The van der Waals surface area contributed by atoms with Crippen LogP contribution in [0.1, 0.15) is 10.4 Å². The van der Waals surface area contributed by atoms with E-state index in [2.05, 4.69) is 0 Å². The van der Waals surface area contributed by atoms with Gasteiger partial charge < -0.3 is 15.4 Å². The molecule has 1 aromatic heterocycles. The van der Waals surface area contributed by atoms with Gasteiger partial charge in [0.25, 0.3) is 11.5 Å². The minimum absolute atomic E-state index is 0.0593. The van der Waals surface area contributed by atoms with Gasteiger partial charge in [0, 0.05) is 12.7 Å². The van der Waals surface area contributed by atoms with Crippen molar-refractivity contribution in [3.05, 3.63) is 34.2 Å². The highest BCUT2D eigenvalue weighted by Crippen LogP contribution is 1.90. The van der Waals surface area contributed by atoms with Crippen molar-refractivity contribution < 1.29 is 9.90 Å². The Morgan fingerprint density at radius 3 is 2.85 bits per heavy atom. The average Bonchev–Trinajstić information content (AvgIpc) is 2.08. The third-order valence-corrected chi connectivity index (χ3v) is 1.63. The molecule has 5 heteroatoms. The second-order valence-electron chi connectivity index (χ2n) is 2.51. The maximum absolute atomic E-state index is 11.4. The molecule has 0 aliphatic rings. The lowest BCUT2D eigenvalue weighted by molar-refractivity contribution is 0.0998. The third-order valence-electron chi connectivity index (χ3n) is 1.63. The molecule has 5 nitrogen and oxygen atoms in total. The minimum atomic E-state index is -0.753. The number of aliphatic hydroxyl groups excluding tert-OH is 1. The molecule has 0 radical (unpaired) electrons. The van der Waals surface area contributed by atoms with Crippen LogP contribution in [0.3, 0.4) is 0 Å². The van der Waals surface area contributed by atoms with Gasteiger partial charge in [0.1, 0.15) is 5.56 Å². The van der Waals surface area contributed by atoms with Crippen molar-refractivity contribution in [1.29, 1.82) is 0 Å². The first kappa shape index (κ1) is 9.47. The predicted molar refractivity (Wildman–Crippen MR) is 46.3 cm³/mol. The van der Waals surface area contributed by atoms with Gasteiger partial charge >= 0.3 is 0 Å². The van der Waals surface area contributed by atoms with Gasteiger partial charge in [-0.25, -0.2) is 0 Å². The van der Waals surface area contributed by atoms with Crippen LogP contribution in [-0.2, 0) is 6.54 Å². The van der Waals surface area contributed by atoms with Crippen LogP contribution in [0.15, 0.2) is 23.1 Å². The summed E-state index contributed by atoms with van der Waals surface area (Å²) in [6, 6.07) is 2.90. The van der Waals surface area contributed by atoms with E-state index in [9.17, 15) is 9.59 Å². The zero-order valence-electron chi connectivity index (χ0n) is 6.93. The molecule has 1 aromatic rings. The third kappa shape index (κ3) is 1.94. The minimum Gasteiger partial charge on any atom is -0.395 e. The smallest absolute Gasteiger partial charge is 0.263 e. The van der Waals surface area contributed by atoms with Gasteiger partial charge in [-0.1, -0.05) is 0 Å². The van der Waals surface area contributed by atoms with Crippen molar-refractivity contribution in [2.75, 3.05) is 6.61 Å². The molecule has 0 bridgehead atoms. The molecule has 0 unspecified atom stereocenters. The van der Waals surface area contributed by atoms with E-state index in [1.807, 2.05) is 0 Å². The summed E-state index contributed by atoms with van der Waals surface area (Å²) in [4.78, 5) is 22.1. The number of primary amides is 1. The highest BCUT2D eigenvalue weighted by atomic mass is 16.3. The zero-order chi connectivity index (χ0) is 9.84. The van der Waals surface area contributed by atoms with Crippen LogP contribution in [0.5, 0.6) is 0 Å². The largest absolute Gasteiger partial charge is 0.395 e. The molecule has 0 saturated carbocycles. The highest BCUT2D eigenvalue weighted by molar-refractivity contribution is 5.92. The van der Waals surface area contributed by atoms with E-state index in [1.54, 1.807) is 0 Å². The van der Waals surface area contributed by atoms with E-state index < -0.39 is 11.5 Å². The highest BCUT2D eigenvalue weighted by Gasteiger charge is 2.06. The molecule has 70 valence electrons. The Bertz CT molecular complexity index is 370. The summed E-state index contributed by atoms with van der Waals surface area (Å²) < 4.78 is 1.24. The summed E-state index contributed by atoms with van der Waals surface area (Å²) >= 11 is 0. The second kappa shape index (κ2) is 3.86. The molecule has 1 heterocycles. The fraction of sp³-hybridized carbons (Fsp3) is 0.250. The molecule has 0 aliphatic heterocycles. The Kier molecular flexibility index (Phi) is 2.81. The van der Waals surface area contributed by atoms with Gasteiger partial charge in [-0.15, -0.1) is 0 Å². The van der Waals surface area contributed by atoms with Gasteiger partial charge in [0.15, 0.2) is 0 Å². The number of nitrogens with zero attached hydrogens (tertiary/aromatic N) is 1. The number of hydrogen-bond acceptors (Lipinski definition) is 3. The van der Waals surface area contributed by atoms with Crippen molar-refractivity contribution in [2.45, 2.75) is 6.54 Å². The van der Waals surface area contributed by atoms with Crippen LogP contribution in [-0.4, -0.2) is 22.2 Å². The van der Waals surface area contributed by atoms with Crippen LogP contribution in [0.2, 0.25) is 0 Å². The molecule has 0 fully saturated rings. The number of hydrogen-bond donors (Lipinski definition) is 2. The van der Waals surface area contributed by atoms with E-state index in [4.69, 9.17) is 10.8 Å². The summed E-state index contributed by atoms with van der Waals surface area (Å²) in [5.41, 5.74) is 4.44. The van der Waals surface area contributed by atoms with E-state index in [-0.39, 0.29) is 18.7 Å². The maximum atomic E-state index is 11.4. The van der Waals surface area contributed by atoms with Gasteiger partial charge in [0.05, 0.1) is 6.61 Å². The number of rotatable bonds is 3. The van der Waals surface area contributed by atoms with Crippen LogP contribution >= 0.6 is 0 Å². The van der Waals surface area contributed by atoms with Crippen molar-refractivity contribution in [1.82, 2.24) is 4.57 Å². The number of aromatic nitrogens is 1. The SMILES string of the molecule is NC(=O)c1cccn(CCO)c1=O. The molecule has 1 amide bonds. The summed E-state index contributed by atoms with van der Waals surface area (Å²) in [5, 5.41) is 8.60. The number of amides is 1. The number of aliphatic hydroxyl groups is 1. The Morgan fingerprint density at radius 2 is 2.31 bits per heavy atom. The molecule has 13 heavy (non-hydrogen) atoms. The molecule has 0 spiro atoms. The first-order chi connectivity index (χ1) is 6.16. The van der Waals surface area contributed by atoms with E-state index in [0.717, 1.165) is 0 Å². The molecular weight excluding hydrogens is 172 g/mol. The molecule has 3 N–H and O–H groups in total. The van der Waals surface area contributed by atoms with Crippen molar-refractivity contribution in [2.24, 2.45) is 5.73 Å². The van der Waals surface area contributed by atoms with E-state index >= 15 is 0 Å². The summed E-state index contributed by atoms with van der Waals surface area (Å²) in [6.07, 6.45) is 1.49.